The SMILES string of the molecule is CCCCCn1ccc2cc(/C(N)=N/O)ccc21. The van der Waals surface area contributed by atoms with E-state index < -0.39 is 0 Å². The van der Waals surface area contributed by atoms with Gasteiger partial charge in [0.05, 0.1) is 0 Å². The molecule has 1 aromatic heterocycles. The van der Waals surface area contributed by atoms with Crippen LogP contribution in [0.5, 0.6) is 0 Å². The highest BCUT2D eigenvalue weighted by atomic mass is 16.4. The third-order valence-corrected chi connectivity index (χ3v) is 3.18. The summed E-state index contributed by atoms with van der Waals surface area (Å²) in [6.45, 7) is 3.25. The first kappa shape index (κ1) is 12.5. The van der Waals surface area contributed by atoms with Gasteiger partial charge in [0.25, 0.3) is 0 Å². The zero-order valence-electron chi connectivity index (χ0n) is 10.6. The van der Waals surface area contributed by atoms with Crippen LogP contribution < -0.4 is 5.73 Å². The van der Waals surface area contributed by atoms with E-state index in [4.69, 9.17) is 10.9 Å². The normalized spacial score (nSPS) is 12.2. The van der Waals surface area contributed by atoms with Gasteiger partial charge in [0.15, 0.2) is 5.84 Å². The fourth-order valence-electron chi connectivity index (χ4n) is 2.14. The molecule has 96 valence electrons. The number of fused-ring (bicyclic) bond motifs is 1. The van der Waals surface area contributed by atoms with E-state index in [-0.39, 0.29) is 5.84 Å². The summed E-state index contributed by atoms with van der Waals surface area (Å²) in [6.07, 6.45) is 5.77. The lowest BCUT2D eigenvalue weighted by atomic mass is 10.1. The molecule has 2 rings (SSSR count). The van der Waals surface area contributed by atoms with E-state index in [0.29, 0.717) is 0 Å². The van der Waals surface area contributed by atoms with Crippen LogP contribution in [0.3, 0.4) is 0 Å². The van der Waals surface area contributed by atoms with Crippen molar-refractivity contribution in [3.63, 3.8) is 0 Å². The molecule has 2 aromatic rings. The van der Waals surface area contributed by atoms with Crippen LogP contribution in [0.25, 0.3) is 10.9 Å². The summed E-state index contributed by atoms with van der Waals surface area (Å²) in [5.41, 5.74) is 7.53. The maximum Gasteiger partial charge on any atom is 0.170 e. The van der Waals surface area contributed by atoms with Gasteiger partial charge in [-0.3, -0.25) is 0 Å². The van der Waals surface area contributed by atoms with Crippen molar-refractivity contribution in [2.75, 3.05) is 0 Å². The van der Waals surface area contributed by atoms with Crippen molar-refractivity contribution in [2.24, 2.45) is 10.9 Å². The number of unbranched alkanes of at least 4 members (excludes halogenated alkanes) is 2. The largest absolute Gasteiger partial charge is 0.409 e. The predicted molar refractivity (Wildman–Crippen MR) is 74.0 cm³/mol. The lowest BCUT2D eigenvalue weighted by Crippen LogP contribution is -2.12. The monoisotopic (exact) mass is 245 g/mol. The summed E-state index contributed by atoms with van der Waals surface area (Å²) in [5, 5.41) is 12.8. The molecule has 0 atom stereocenters. The molecule has 0 bridgehead atoms. The maximum absolute atomic E-state index is 8.67. The molecule has 4 nitrogen and oxygen atoms in total. The molecule has 0 radical (unpaired) electrons. The molecule has 0 aliphatic carbocycles. The lowest BCUT2D eigenvalue weighted by molar-refractivity contribution is 0.318. The molecule has 1 heterocycles. The van der Waals surface area contributed by atoms with Crippen LogP contribution in [0, 0.1) is 0 Å². The van der Waals surface area contributed by atoms with E-state index in [1.165, 1.54) is 24.8 Å². The Morgan fingerprint density at radius 1 is 1.33 bits per heavy atom. The Labute approximate surface area is 107 Å². The van der Waals surface area contributed by atoms with E-state index in [1.807, 2.05) is 18.2 Å². The Morgan fingerprint density at radius 3 is 2.89 bits per heavy atom. The molecule has 0 saturated heterocycles. The number of oxime groups is 1. The molecule has 1 aromatic carbocycles. The minimum absolute atomic E-state index is 0.149. The van der Waals surface area contributed by atoms with Gasteiger partial charge in [-0.1, -0.05) is 24.9 Å². The van der Waals surface area contributed by atoms with E-state index in [9.17, 15) is 0 Å². The van der Waals surface area contributed by atoms with Crippen LogP contribution in [-0.2, 0) is 6.54 Å². The Kier molecular flexibility index (Phi) is 3.87. The van der Waals surface area contributed by atoms with E-state index in [2.05, 4.69) is 28.9 Å². The number of nitrogens with two attached hydrogens (primary N) is 1. The van der Waals surface area contributed by atoms with Gasteiger partial charge in [0.1, 0.15) is 0 Å². The van der Waals surface area contributed by atoms with Gasteiger partial charge in [0, 0.05) is 29.2 Å². The number of hydrogen-bond donors (Lipinski definition) is 2. The second kappa shape index (κ2) is 5.58. The fourth-order valence-corrected chi connectivity index (χ4v) is 2.14. The predicted octanol–water partition coefficient (Wildman–Crippen LogP) is 2.93. The first-order chi connectivity index (χ1) is 8.76. The molecule has 0 unspecified atom stereocenters. The molecule has 3 N–H and O–H groups in total. The molecule has 0 amide bonds. The third-order valence-electron chi connectivity index (χ3n) is 3.18. The first-order valence-electron chi connectivity index (χ1n) is 6.33. The number of amidine groups is 1. The van der Waals surface area contributed by atoms with Gasteiger partial charge in [-0.25, -0.2) is 0 Å². The second-order valence-corrected chi connectivity index (χ2v) is 4.48. The molecule has 0 saturated carbocycles. The Morgan fingerprint density at radius 2 is 2.17 bits per heavy atom. The van der Waals surface area contributed by atoms with Crippen molar-refractivity contribution in [1.82, 2.24) is 4.57 Å². The number of aryl methyl sites for hydroxylation is 1. The number of hydrogen-bond acceptors (Lipinski definition) is 2. The van der Waals surface area contributed by atoms with Crippen LogP contribution in [0.1, 0.15) is 31.7 Å². The highest BCUT2D eigenvalue weighted by molar-refractivity contribution is 6.00. The van der Waals surface area contributed by atoms with Gasteiger partial charge in [-0.15, -0.1) is 0 Å². The number of aromatic nitrogens is 1. The maximum atomic E-state index is 8.67. The van der Waals surface area contributed by atoms with Gasteiger partial charge in [-0.2, -0.15) is 0 Å². The highest BCUT2D eigenvalue weighted by Gasteiger charge is 2.04. The van der Waals surface area contributed by atoms with Gasteiger partial charge >= 0.3 is 0 Å². The Bertz CT molecular complexity index is 557. The molecular weight excluding hydrogens is 226 g/mol. The van der Waals surface area contributed by atoms with Crippen molar-refractivity contribution in [3.8, 4) is 0 Å². The quantitative estimate of drug-likeness (QED) is 0.280. The molecule has 18 heavy (non-hydrogen) atoms. The highest BCUT2D eigenvalue weighted by Crippen LogP contribution is 2.18. The summed E-state index contributed by atoms with van der Waals surface area (Å²) in [5.74, 6) is 0.149. The van der Waals surface area contributed by atoms with Crippen molar-refractivity contribution >= 4 is 16.7 Å². The number of nitrogens with zero attached hydrogens (tertiary/aromatic N) is 2. The molecule has 4 heteroatoms. The second-order valence-electron chi connectivity index (χ2n) is 4.48. The minimum atomic E-state index is 0.149. The fraction of sp³-hybridized carbons (Fsp3) is 0.357. The van der Waals surface area contributed by atoms with Crippen molar-refractivity contribution in [2.45, 2.75) is 32.7 Å². The average molecular weight is 245 g/mol. The molecule has 0 spiro atoms. The van der Waals surface area contributed by atoms with Crippen molar-refractivity contribution in [1.29, 1.82) is 0 Å². The molecule has 0 aliphatic heterocycles. The summed E-state index contributed by atoms with van der Waals surface area (Å²) >= 11 is 0. The Balaban J connectivity index is 2.26. The smallest absolute Gasteiger partial charge is 0.170 e. The Hall–Kier alpha value is -1.97. The van der Waals surface area contributed by atoms with Crippen LogP contribution in [-0.4, -0.2) is 15.6 Å². The molecule has 0 fully saturated rings. The van der Waals surface area contributed by atoms with Crippen molar-refractivity contribution < 1.29 is 5.21 Å². The van der Waals surface area contributed by atoms with Crippen molar-refractivity contribution in [3.05, 3.63) is 36.0 Å². The minimum Gasteiger partial charge on any atom is -0.409 e. The molecule has 0 aliphatic rings. The number of benzene rings is 1. The van der Waals surface area contributed by atoms with Crippen LogP contribution in [0.2, 0.25) is 0 Å². The first-order valence-corrected chi connectivity index (χ1v) is 6.33. The lowest BCUT2D eigenvalue weighted by Gasteiger charge is -2.05. The van der Waals surface area contributed by atoms with Crippen LogP contribution >= 0.6 is 0 Å². The summed E-state index contributed by atoms with van der Waals surface area (Å²) in [6, 6.07) is 7.92. The summed E-state index contributed by atoms with van der Waals surface area (Å²) in [4.78, 5) is 0. The standard InChI is InChI=1S/C14H19N3O/c1-2-3-4-8-17-9-7-11-10-12(14(15)16-18)5-6-13(11)17/h5-7,9-10,18H,2-4,8H2,1H3,(H2,15,16). The third kappa shape index (κ3) is 2.47. The van der Waals surface area contributed by atoms with Gasteiger partial charge in [-0.05, 0) is 30.7 Å². The summed E-state index contributed by atoms with van der Waals surface area (Å²) < 4.78 is 2.25. The van der Waals surface area contributed by atoms with Gasteiger partial charge in [0.2, 0.25) is 0 Å². The zero-order valence-corrected chi connectivity index (χ0v) is 10.6. The topological polar surface area (TPSA) is 63.5 Å². The van der Waals surface area contributed by atoms with E-state index >= 15 is 0 Å². The summed E-state index contributed by atoms with van der Waals surface area (Å²) in [7, 11) is 0. The number of rotatable bonds is 5. The zero-order chi connectivity index (χ0) is 13.0. The van der Waals surface area contributed by atoms with Gasteiger partial charge < -0.3 is 15.5 Å². The van der Waals surface area contributed by atoms with Crippen LogP contribution in [0.4, 0.5) is 0 Å². The van der Waals surface area contributed by atoms with E-state index in [1.54, 1.807) is 0 Å². The average Bonchev–Trinajstić information content (AvgIpc) is 2.80. The van der Waals surface area contributed by atoms with E-state index in [0.717, 1.165) is 17.5 Å². The molecular formula is C14H19N3O. The van der Waals surface area contributed by atoms with Crippen LogP contribution in [0.15, 0.2) is 35.6 Å².